The van der Waals surface area contributed by atoms with Gasteiger partial charge in [-0.05, 0) is 27.9 Å². The molecule has 0 saturated heterocycles. The molecule has 0 amide bonds. The zero-order chi connectivity index (χ0) is 13.2. The van der Waals surface area contributed by atoms with Crippen LogP contribution >= 0.6 is 15.9 Å². The van der Waals surface area contributed by atoms with E-state index in [4.69, 9.17) is 0 Å². The van der Waals surface area contributed by atoms with Gasteiger partial charge in [0.15, 0.2) is 0 Å². The lowest BCUT2D eigenvalue weighted by Gasteiger charge is -2.12. The second-order valence-corrected chi connectivity index (χ2v) is 3.50. The second-order valence-electron chi connectivity index (χ2n) is 2.51. The number of hydrogen-bond donors (Lipinski definition) is 0. The van der Waals surface area contributed by atoms with Crippen molar-refractivity contribution in [1.82, 2.24) is 0 Å². The summed E-state index contributed by atoms with van der Waals surface area (Å²) in [6, 6.07) is 6.53. The van der Waals surface area contributed by atoms with Crippen LogP contribution in [0.1, 0.15) is 45.7 Å². The van der Waals surface area contributed by atoms with Gasteiger partial charge in [0.05, 0.1) is 0 Å². The van der Waals surface area contributed by atoms with E-state index in [9.17, 15) is 8.78 Å². The highest BCUT2D eigenvalue weighted by molar-refractivity contribution is 9.09. The van der Waals surface area contributed by atoms with E-state index < -0.39 is 4.83 Å². The predicted molar refractivity (Wildman–Crippen MR) is 71.3 cm³/mol. The van der Waals surface area contributed by atoms with E-state index in [0.29, 0.717) is 12.0 Å². The lowest BCUT2D eigenvalue weighted by Crippen LogP contribution is -2.06. The van der Waals surface area contributed by atoms with Gasteiger partial charge in [0, 0.05) is 5.56 Å². The first kappa shape index (κ1) is 17.9. The molecule has 0 radical (unpaired) electrons. The van der Waals surface area contributed by atoms with Gasteiger partial charge in [0.2, 0.25) is 0 Å². The van der Waals surface area contributed by atoms with Crippen LogP contribution in [0, 0.1) is 0 Å². The molecule has 0 fully saturated rings. The van der Waals surface area contributed by atoms with E-state index in [1.54, 1.807) is 18.2 Å². The van der Waals surface area contributed by atoms with Crippen molar-refractivity contribution in [2.45, 2.75) is 45.9 Å². The Labute approximate surface area is 106 Å². The van der Waals surface area contributed by atoms with Gasteiger partial charge >= 0.3 is 4.83 Å². The molecule has 0 heterocycles. The third-order valence-corrected chi connectivity index (χ3v) is 2.13. The van der Waals surface area contributed by atoms with Crippen LogP contribution in [-0.4, -0.2) is 0 Å². The van der Waals surface area contributed by atoms with Crippen LogP contribution in [-0.2, 0) is 11.3 Å². The predicted octanol–water partition coefficient (Wildman–Crippen LogP) is 5.75. The monoisotopic (exact) mass is 294 g/mol. The number of hydrogen-bond acceptors (Lipinski definition) is 0. The Bertz CT molecular complexity index is 267. The van der Waals surface area contributed by atoms with Crippen molar-refractivity contribution in [1.29, 1.82) is 0 Å². The van der Waals surface area contributed by atoms with Crippen LogP contribution in [0.5, 0.6) is 0 Å². The first-order valence-corrected chi connectivity index (χ1v) is 6.50. The molecule has 0 unspecified atom stereocenters. The standard InChI is InChI=1S/C9H9BrF2.2C2H6/c1-2-7-5-3-4-6-8(7)9(10,11)12;2*1-2/h3-6H,2H2,1H3;2*1-2H3. The van der Waals surface area contributed by atoms with E-state index in [2.05, 4.69) is 15.9 Å². The van der Waals surface area contributed by atoms with Gasteiger partial charge < -0.3 is 0 Å². The molecule has 0 aliphatic heterocycles. The highest BCUT2D eigenvalue weighted by atomic mass is 79.9. The summed E-state index contributed by atoms with van der Waals surface area (Å²) in [5.74, 6) is 0. The van der Waals surface area contributed by atoms with Crippen molar-refractivity contribution in [3.8, 4) is 0 Å². The Kier molecular flexibility index (Phi) is 10.9. The maximum absolute atomic E-state index is 12.8. The van der Waals surface area contributed by atoms with Crippen LogP contribution in [0.4, 0.5) is 8.78 Å². The van der Waals surface area contributed by atoms with Crippen LogP contribution in [0.3, 0.4) is 0 Å². The fourth-order valence-electron chi connectivity index (χ4n) is 1.11. The normalized spacial score (nSPS) is 9.50. The third-order valence-electron chi connectivity index (χ3n) is 1.70. The van der Waals surface area contributed by atoms with Gasteiger partial charge in [0.25, 0.3) is 0 Å². The van der Waals surface area contributed by atoms with Crippen LogP contribution in [0.15, 0.2) is 24.3 Å². The molecule has 0 bridgehead atoms. The second kappa shape index (κ2) is 9.76. The molecule has 0 aliphatic rings. The fourth-order valence-corrected chi connectivity index (χ4v) is 1.49. The Morgan fingerprint density at radius 2 is 1.50 bits per heavy atom. The SMILES string of the molecule is CC.CC.CCc1ccccc1C(F)(F)Br. The highest BCUT2D eigenvalue weighted by Crippen LogP contribution is 2.36. The smallest absolute Gasteiger partial charge is 0.188 e. The van der Waals surface area contributed by atoms with Crippen molar-refractivity contribution in [3.63, 3.8) is 0 Å². The molecule has 0 atom stereocenters. The molecule has 16 heavy (non-hydrogen) atoms. The summed E-state index contributed by atoms with van der Waals surface area (Å²) in [5, 5.41) is 0. The number of rotatable bonds is 2. The van der Waals surface area contributed by atoms with Crippen LogP contribution in [0.25, 0.3) is 0 Å². The van der Waals surface area contributed by atoms with Crippen molar-refractivity contribution in [3.05, 3.63) is 35.4 Å². The zero-order valence-electron chi connectivity index (χ0n) is 10.7. The third kappa shape index (κ3) is 6.21. The number of halogens is 3. The minimum absolute atomic E-state index is 0.0625. The molecule has 1 rings (SSSR count). The van der Waals surface area contributed by atoms with E-state index in [0.717, 1.165) is 0 Å². The molecule has 0 nitrogen and oxygen atoms in total. The maximum atomic E-state index is 12.8. The minimum atomic E-state index is -2.90. The summed E-state index contributed by atoms with van der Waals surface area (Å²) < 4.78 is 25.6. The van der Waals surface area contributed by atoms with Gasteiger partial charge in [0.1, 0.15) is 0 Å². The number of benzene rings is 1. The Hall–Kier alpha value is -0.440. The van der Waals surface area contributed by atoms with Crippen molar-refractivity contribution in [2.75, 3.05) is 0 Å². The van der Waals surface area contributed by atoms with Gasteiger partial charge in [-0.15, -0.1) is 0 Å². The molecule has 0 saturated carbocycles. The Balaban J connectivity index is 0. The molecule has 1 aromatic rings. The topological polar surface area (TPSA) is 0 Å². The largest absolute Gasteiger partial charge is 0.326 e. The van der Waals surface area contributed by atoms with Gasteiger partial charge in [-0.1, -0.05) is 58.9 Å². The average molecular weight is 295 g/mol. The van der Waals surface area contributed by atoms with Crippen molar-refractivity contribution in [2.24, 2.45) is 0 Å². The van der Waals surface area contributed by atoms with Gasteiger partial charge in [-0.3, -0.25) is 0 Å². The lowest BCUT2D eigenvalue weighted by atomic mass is 10.1. The number of alkyl halides is 3. The highest BCUT2D eigenvalue weighted by Gasteiger charge is 2.28. The summed E-state index contributed by atoms with van der Waals surface area (Å²) in [4.78, 5) is -2.90. The summed E-state index contributed by atoms with van der Waals surface area (Å²) in [6.07, 6.45) is 0.622. The quantitative estimate of drug-likeness (QED) is 0.610. The lowest BCUT2D eigenvalue weighted by molar-refractivity contribution is 0.113. The molecule has 0 N–H and O–H groups in total. The summed E-state index contributed by atoms with van der Waals surface area (Å²) >= 11 is 2.34. The summed E-state index contributed by atoms with van der Waals surface area (Å²) in [6.45, 7) is 9.86. The number of aryl methyl sites for hydroxylation is 1. The molecule has 1 aromatic carbocycles. The summed E-state index contributed by atoms with van der Waals surface area (Å²) in [7, 11) is 0. The van der Waals surface area contributed by atoms with Crippen LogP contribution in [0.2, 0.25) is 0 Å². The molecule has 0 spiro atoms. The Morgan fingerprint density at radius 3 is 1.81 bits per heavy atom. The van der Waals surface area contributed by atoms with E-state index in [1.807, 2.05) is 34.6 Å². The molecule has 0 aliphatic carbocycles. The molecule has 3 heteroatoms. The van der Waals surface area contributed by atoms with Crippen molar-refractivity contribution < 1.29 is 8.78 Å². The van der Waals surface area contributed by atoms with Crippen LogP contribution < -0.4 is 0 Å². The van der Waals surface area contributed by atoms with Gasteiger partial charge in [-0.25, -0.2) is 0 Å². The minimum Gasteiger partial charge on any atom is -0.188 e. The Morgan fingerprint density at radius 1 is 1.06 bits per heavy atom. The summed E-state index contributed by atoms with van der Waals surface area (Å²) in [5.41, 5.74) is 0.742. The van der Waals surface area contributed by atoms with E-state index in [1.165, 1.54) is 6.07 Å². The first-order chi connectivity index (χ1) is 7.55. The molecular weight excluding hydrogens is 274 g/mol. The van der Waals surface area contributed by atoms with Crippen molar-refractivity contribution >= 4 is 15.9 Å². The first-order valence-electron chi connectivity index (χ1n) is 5.70. The molecular formula is C13H21BrF2. The van der Waals surface area contributed by atoms with E-state index >= 15 is 0 Å². The molecule has 94 valence electrons. The van der Waals surface area contributed by atoms with E-state index in [-0.39, 0.29) is 5.56 Å². The molecule has 0 aromatic heterocycles. The van der Waals surface area contributed by atoms with Gasteiger partial charge in [-0.2, -0.15) is 8.78 Å². The fraction of sp³-hybridized carbons (Fsp3) is 0.538. The average Bonchev–Trinajstić information content (AvgIpc) is 2.33. The maximum Gasteiger partial charge on any atom is 0.326 e. The zero-order valence-corrected chi connectivity index (χ0v) is 12.2.